The van der Waals surface area contributed by atoms with Crippen molar-refractivity contribution in [2.45, 2.75) is 39.7 Å². The number of carboxylic acids is 1. The van der Waals surface area contributed by atoms with Crippen molar-refractivity contribution in [1.82, 2.24) is 4.90 Å². The van der Waals surface area contributed by atoms with Gasteiger partial charge in [-0.25, -0.2) is 0 Å². The minimum Gasteiger partial charge on any atom is -0.481 e. The van der Waals surface area contributed by atoms with Crippen molar-refractivity contribution in [3.63, 3.8) is 0 Å². The third-order valence-electron chi connectivity index (χ3n) is 3.84. The van der Waals surface area contributed by atoms with E-state index in [0.29, 0.717) is 13.0 Å². The van der Waals surface area contributed by atoms with Crippen molar-refractivity contribution in [2.24, 2.45) is 17.1 Å². The second-order valence-electron chi connectivity index (χ2n) is 5.29. The minimum atomic E-state index is -0.843. The lowest BCUT2D eigenvalue weighted by atomic mass is 9.90. The molecule has 1 heterocycles. The first-order valence-corrected chi connectivity index (χ1v) is 6.09. The van der Waals surface area contributed by atoms with Gasteiger partial charge < -0.3 is 15.7 Å². The van der Waals surface area contributed by atoms with E-state index < -0.39 is 17.4 Å². The van der Waals surface area contributed by atoms with Gasteiger partial charge in [0.15, 0.2) is 0 Å². The predicted molar refractivity (Wildman–Crippen MR) is 64.4 cm³/mol. The number of amides is 1. The Bertz CT molecular complexity index is 319. The Morgan fingerprint density at radius 2 is 2.12 bits per heavy atom. The molecule has 1 amide bonds. The second kappa shape index (κ2) is 5.04. The lowest BCUT2D eigenvalue weighted by molar-refractivity contribution is -0.147. The molecule has 0 spiro atoms. The summed E-state index contributed by atoms with van der Waals surface area (Å²) in [6.07, 6.45) is 1.35. The van der Waals surface area contributed by atoms with Crippen LogP contribution in [0, 0.1) is 11.3 Å². The van der Waals surface area contributed by atoms with Crippen LogP contribution in [0.2, 0.25) is 0 Å². The second-order valence-corrected chi connectivity index (χ2v) is 5.29. The first-order valence-electron chi connectivity index (χ1n) is 6.09. The van der Waals surface area contributed by atoms with E-state index in [1.807, 2.05) is 13.8 Å². The van der Waals surface area contributed by atoms with Gasteiger partial charge in [0, 0.05) is 13.1 Å². The quantitative estimate of drug-likeness (QED) is 0.759. The number of likely N-dealkylation sites (tertiary alicyclic amines) is 1. The van der Waals surface area contributed by atoms with Crippen molar-refractivity contribution in [2.75, 3.05) is 13.1 Å². The van der Waals surface area contributed by atoms with Crippen LogP contribution in [0.15, 0.2) is 0 Å². The fourth-order valence-corrected chi connectivity index (χ4v) is 2.03. The molecule has 98 valence electrons. The van der Waals surface area contributed by atoms with Gasteiger partial charge >= 0.3 is 5.97 Å². The standard InChI is InChI=1S/C12H22N2O3/c1-4-8(2)9(13)10(15)14-6-5-12(3,7-14)11(16)17/h8-9H,4-7,13H2,1-3H3,(H,16,17)/t8?,9-,12?/m0/s1. The van der Waals surface area contributed by atoms with E-state index in [1.165, 1.54) is 0 Å². The van der Waals surface area contributed by atoms with Crippen molar-refractivity contribution < 1.29 is 14.7 Å². The molecule has 1 aliphatic rings. The van der Waals surface area contributed by atoms with Gasteiger partial charge in [0.1, 0.15) is 0 Å². The number of nitrogens with two attached hydrogens (primary N) is 1. The lowest BCUT2D eigenvalue weighted by Crippen LogP contribution is -2.47. The van der Waals surface area contributed by atoms with Crippen LogP contribution >= 0.6 is 0 Å². The molecule has 2 unspecified atom stereocenters. The van der Waals surface area contributed by atoms with Gasteiger partial charge in [-0.15, -0.1) is 0 Å². The molecular weight excluding hydrogens is 220 g/mol. The Morgan fingerprint density at radius 1 is 1.53 bits per heavy atom. The van der Waals surface area contributed by atoms with Crippen molar-refractivity contribution in [3.8, 4) is 0 Å². The highest BCUT2D eigenvalue weighted by Gasteiger charge is 2.43. The molecule has 3 N–H and O–H groups in total. The van der Waals surface area contributed by atoms with Crippen LogP contribution in [0.1, 0.15) is 33.6 Å². The molecule has 0 aliphatic carbocycles. The van der Waals surface area contributed by atoms with Crippen LogP contribution < -0.4 is 5.73 Å². The third kappa shape index (κ3) is 2.77. The van der Waals surface area contributed by atoms with Crippen LogP contribution in [-0.2, 0) is 9.59 Å². The van der Waals surface area contributed by atoms with Crippen LogP contribution in [0.5, 0.6) is 0 Å². The van der Waals surface area contributed by atoms with Crippen LogP contribution in [-0.4, -0.2) is 41.0 Å². The van der Waals surface area contributed by atoms with E-state index in [-0.39, 0.29) is 18.4 Å². The highest BCUT2D eigenvalue weighted by atomic mass is 16.4. The zero-order chi connectivity index (χ0) is 13.2. The summed E-state index contributed by atoms with van der Waals surface area (Å²) in [5.74, 6) is -0.839. The fraction of sp³-hybridized carbons (Fsp3) is 0.833. The molecule has 5 nitrogen and oxygen atoms in total. The van der Waals surface area contributed by atoms with Gasteiger partial charge in [-0.05, 0) is 19.3 Å². The van der Waals surface area contributed by atoms with Gasteiger partial charge in [0.2, 0.25) is 5.91 Å². The first kappa shape index (κ1) is 14.0. The molecule has 0 saturated carbocycles. The molecule has 0 radical (unpaired) electrons. The summed E-state index contributed by atoms with van der Waals surface area (Å²) >= 11 is 0. The predicted octanol–water partition coefficient (Wildman–Crippen LogP) is 0.683. The van der Waals surface area contributed by atoms with E-state index in [0.717, 1.165) is 6.42 Å². The average molecular weight is 242 g/mol. The maximum Gasteiger partial charge on any atom is 0.311 e. The van der Waals surface area contributed by atoms with Gasteiger partial charge in [-0.2, -0.15) is 0 Å². The van der Waals surface area contributed by atoms with Crippen LogP contribution in [0.25, 0.3) is 0 Å². The maximum absolute atomic E-state index is 12.1. The normalized spacial score (nSPS) is 27.9. The summed E-state index contributed by atoms with van der Waals surface area (Å²) in [5, 5.41) is 9.10. The number of carboxylic acid groups (broad SMARTS) is 1. The van der Waals surface area contributed by atoms with Crippen LogP contribution in [0.3, 0.4) is 0 Å². The maximum atomic E-state index is 12.1. The molecule has 17 heavy (non-hydrogen) atoms. The van der Waals surface area contributed by atoms with Crippen LogP contribution in [0.4, 0.5) is 0 Å². The first-order chi connectivity index (χ1) is 7.81. The van der Waals surface area contributed by atoms with E-state index in [2.05, 4.69) is 0 Å². The molecule has 0 aromatic carbocycles. The number of hydrogen-bond acceptors (Lipinski definition) is 3. The minimum absolute atomic E-state index is 0.121. The Hall–Kier alpha value is -1.10. The number of nitrogens with zero attached hydrogens (tertiary/aromatic N) is 1. The summed E-state index contributed by atoms with van der Waals surface area (Å²) in [6, 6.07) is -0.517. The van der Waals surface area contributed by atoms with Crippen molar-refractivity contribution in [1.29, 1.82) is 0 Å². The monoisotopic (exact) mass is 242 g/mol. The fourth-order valence-electron chi connectivity index (χ4n) is 2.03. The smallest absolute Gasteiger partial charge is 0.311 e. The number of aliphatic carboxylic acids is 1. The number of rotatable bonds is 4. The molecule has 1 aliphatic heterocycles. The highest BCUT2D eigenvalue weighted by molar-refractivity contribution is 5.84. The largest absolute Gasteiger partial charge is 0.481 e. The van der Waals surface area contributed by atoms with Crippen molar-refractivity contribution in [3.05, 3.63) is 0 Å². The van der Waals surface area contributed by atoms with Crippen molar-refractivity contribution >= 4 is 11.9 Å². The Morgan fingerprint density at radius 3 is 2.53 bits per heavy atom. The lowest BCUT2D eigenvalue weighted by Gasteiger charge is -2.25. The summed E-state index contributed by atoms with van der Waals surface area (Å²) in [7, 11) is 0. The summed E-state index contributed by atoms with van der Waals surface area (Å²) in [4.78, 5) is 24.7. The average Bonchev–Trinajstić information content (AvgIpc) is 2.70. The number of hydrogen-bond donors (Lipinski definition) is 2. The van der Waals surface area contributed by atoms with Gasteiger partial charge in [0.05, 0.1) is 11.5 Å². The summed E-state index contributed by atoms with van der Waals surface area (Å²) in [5.41, 5.74) is 5.06. The topological polar surface area (TPSA) is 83.6 Å². The van der Waals surface area contributed by atoms with Gasteiger partial charge in [0.25, 0.3) is 0 Å². The molecule has 1 saturated heterocycles. The van der Waals surface area contributed by atoms with Gasteiger partial charge in [-0.1, -0.05) is 20.3 Å². The molecule has 5 heteroatoms. The molecule has 0 aromatic heterocycles. The SMILES string of the molecule is CCC(C)[C@H](N)C(=O)N1CCC(C)(C(=O)O)C1. The number of carbonyl (C=O) groups is 2. The van der Waals surface area contributed by atoms with E-state index in [1.54, 1.807) is 11.8 Å². The third-order valence-corrected chi connectivity index (χ3v) is 3.84. The zero-order valence-electron chi connectivity index (χ0n) is 10.8. The summed E-state index contributed by atoms with van der Waals surface area (Å²) < 4.78 is 0. The molecule has 0 aromatic rings. The summed E-state index contributed by atoms with van der Waals surface area (Å²) in [6.45, 7) is 6.37. The Labute approximate surface area is 102 Å². The Kier molecular flexibility index (Phi) is 4.14. The molecule has 3 atom stereocenters. The zero-order valence-corrected chi connectivity index (χ0v) is 10.8. The molecule has 1 fully saturated rings. The molecule has 0 bridgehead atoms. The van der Waals surface area contributed by atoms with E-state index in [4.69, 9.17) is 10.8 Å². The van der Waals surface area contributed by atoms with Gasteiger partial charge in [-0.3, -0.25) is 9.59 Å². The van der Waals surface area contributed by atoms with E-state index >= 15 is 0 Å². The number of carbonyl (C=O) groups excluding carboxylic acids is 1. The van der Waals surface area contributed by atoms with E-state index in [9.17, 15) is 9.59 Å². The molecular formula is C12H22N2O3. The highest BCUT2D eigenvalue weighted by Crippen LogP contribution is 2.30. The Balaban J connectivity index is 2.66. The molecule has 1 rings (SSSR count).